The highest BCUT2D eigenvalue weighted by Gasteiger charge is 2.24. The molecule has 1 aliphatic rings. The Morgan fingerprint density at radius 2 is 1.94 bits per heavy atom. The molecule has 1 unspecified atom stereocenters. The Balaban J connectivity index is 1.12. The lowest BCUT2D eigenvalue weighted by atomic mass is 9.98. The van der Waals surface area contributed by atoms with Crippen LogP contribution in [0.1, 0.15) is 40.0 Å². The number of fused-ring (bicyclic) bond motifs is 1. The molecule has 32 heavy (non-hydrogen) atoms. The highest BCUT2D eigenvalue weighted by atomic mass is 32.2. The maximum absolute atomic E-state index is 4.67. The fraction of sp³-hybridized carbons (Fsp3) is 0.478. The van der Waals surface area contributed by atoms with Gasteiger partial charge in [0.1, 0.15) is 0 Å². The predicted octanol–water partition coefficient (Wildman–Crippen LogP) is 5.45. The molecule has 1 saturated heterocycles. The molecule has 0 radical (unpaired) electrons. The van der Waals surface area contributed by atoms with Crippen molar-refractivity contribution in [1.29, 1.82) is 0 Å². The van der Waals surface area contributed by atoms with Gasteiger partial charge in [-0.1, -0.05) is 17.8 Å². The lowest BCUT2D eigenvalue weighted by Crippen LogP contribution is -2.22. The Labute approximate surface area is 201 Å². The zero-order valence-corrected chi connectivity index (χ0v) is 21.4. The molecule has 168 valence electrons. The van der Waals surface area contributed by atoms with Crippen molar-refractivity contribution >= 4 is 44.7 Å². The van der Waals surface area contributed by atoms with Gasteiger partial charge in [-0.25, -0.2) is 9.97 Å². The van der Waals surface area contributed by atoms with Crippen LogP contribution in [0.4, 0.5) is 0 Å². The molecule has 0 bridgehead atoms. The molecule has 4 aromatic rings. The molecule has 0 amide bonds. The number of aryl methyl sites for hydroxylation is 3. The van der Waals surface area contributed by atoms with Crippen molar-refractivity contribution in [2.45, 2.75) is 44.7 Å². The van der Waals surface area contributed by atoms with E-state index in [1.807, 2.05) is 13.8 Å². The Kier molecular flexibility index (Phi) is 6.33. The van der Waals surface area contributed by atoms with Crippen molar-refractivity contribution in [3.63, 3.8) is 0 Å². The minimum absolute atomic E-state index is 0.626. The van der Waals surface area contributed by atoms with Gasteiger partial charge in [-0.3, -0.25) is 0 Å². The van der Waals surface area contributed by atoms with Gasteiger partial charge in [0.25, 0.3) is 0 Å². The van der Waals surface area contributed by atoms with E-state index in [0.717, 1.165) is 62.3 Å². The molecule has 1 atom stereocenters. The number of hydrogen-bond acceptors (Lipinski definition) is 8. The number of benzene rings is 1. The standard InChI is InChI=1S/C23H28N6S3/c1-14-21(32-15(2)24-14)22-26-27-23(28(22)4)30-11-5-9-29-10-8-18(13-29)17-6-7-20-19(12-17)25-16(3)31-20/h6-7,12,18H,5,8-11,13H2,1-4H3. The van der Waals surface area contributed by atoms with Gasteiger partial charge in [-0.2, -0.15) is 0 Å². The molecule has 1 aliphatic heterocycles. The zero-order valence-electron chi connectivity index (χ0n) is 19.0. The van der Waals surface area contributed by atoms with E-state index in [1.165, 1.54) is 23.2 Å². The highest BCUT2D eigenvalue weighted by molar-refractivity contribution is 7.99. The molecule has 3 aromatic heterocycles. The van der Waals surface area contributed by atoms with Crippen molar-refractivity contribution in [3.05, 3.63) is 39.5 Å². The molecule has 0 aliphatic carbocycles. The average molecular weight is 485 g/mol. The minimum atomic E-state index is 0.626. The summed E-state index contributed by atoms with van der Waals surface area (Å²) >= 11 is 5.27. The first-order valence-electron chi connectivity index (χ1n) is 11.0. The van der Waals surface area contributed by atoms with Crippen LogP contribution in [0, 0.1) is 20.8 Å². The normalized spacial score (nSPS) is 17.1. The van der Waals surface area contributed by atoms with Crippen LogP contribution in [0.2, 0.25) is 0 Å². The first-order chi connectivity index (χ1) is 15.5. The summed E-state index contributed by atoms with van der Waals surface area (Å²) < 4.78 is 3.40. The van der Waals surface area contributed by atoms with Crippen molar-refractivity contribution in [1.82, 2.24) is 29.6 Å². The van der Waals surface area contributed by atoms with E-state index < -0.39 is 0 Å². The third-order valence-electron chi connectivity index (χ3n) is 6.05. The molecule has 0 N–H and O–H groups in total. The topological polar surface area (TPSA) is 59.7 Å². The maximum atomic E-state index is 4.67. The van der Waals surface area contributed by atoms with E-state index in [2.05, 4.69) is 61.8 Å². The van der Waals surface area contributed by atoms with Crippen LogP contribution in [0.25, 0.3) is 20.9 Å². The number of thioether (sulfide) groups is 1. The van der Waals surface area contributed by atoms with Gasteiger partial charge in [0.15, 0.2) is 11.0 Å². The van der Waals surface area contributed by atoms with E-state index in [4.69, 9.17) is 0 Å². The fourth-order valence-electron chi connectivity index (χ4n) is 4.45. The van der Waals surface area contributed by atoms with E-state index in [0.29, 0.717) is 5.92 Å². The second kappa shape index (κ2) is 9.21. The van der Waals surface area contributed by atoms with E-state index in [-0.39, 0.29) is 0 Å². The van der Waals surface area contributed by atoms with Crippen LogP contribution < -0.4 is 0 Å². The summed E-state index contributed by atoms with van der Waals surface area (Å²) in [6.45, 7) is 9.63. The van der Waals surface area contributed by atoms with Gasteiger partial charge in [0.2, 0.25) is 0 Å². The number of aromatic nitrogens is 5. The predicted molar refractivity (Wildman–Crippen MR) is 135 cm³/mol. The summed E-state index contributed by atoms with van der Waals surface area (Å²) in [5, 5.41) is 12.1. The molecule has 6 nitrogen and oxygen atoms in total. The molecule has 4 heterocycles. The Hall–Kier alpha value is -1.81. The second-order valence-corrected chi connectivity index (χ2v) is 12.0. The van der Waals surface area contributed by atoms with Gasteiger partial charge < -0.3 is 9.47 Å². The van der Waals surface area contributed by atoms with Gasteiger partial charge >= 0.3 is 0 Å². The fourth-order valence-corrected chi connectivity index (χ4v) is 7.03. The Morgan fingerprint density at radius 1 is 1.09 bits per heavy atom. The molecular weight excluding hydrogens is 456 g/mol. The monoisotopic (exact) mass is 484 g/mol. The quantitative estimate of drug-likeness (QED) is 0.257. The van der Waals surface area contributed by atoms with Crippen molar-refractivity contribution in [2.75, 3.05) is 25.4 Å². The van der Waals surface area contributed by atoms with Crippen molar-refractivity contribution in [3.8, 4) is 10.7 Å². The summed E-state index contributed by atoms with van der Waals surface area (Å²) in [5.41, 5.74) is 3.64. The number of thiazole rings is 2. The lowest BCUT2D eigenvalue weighted by molar-refractivity contribution is 0.336. The number of hydrogen-bond donors (Lipinski definition) is 0. The van der Waals surface area contributed by atoms with Gasteiger partial charge in [-0.05, 0) is 70.3 Å². The van der Waals surface area contributed by atoms with Crippen LogP contribution in [-0.2, 0) is 7.05 Å². The third-order valence-corrected chi connectivity index (χ3v) is 9.18. The average Bonchev–Trinajstić information content (AvgIpc) is 3.52. The van der Waals surface area contributed by atoms with Crippen LogP contribution in [0.15, 0.2) is 23.4 Å². The van der Waals surface area contributed by atoms with Gasteiger partial charge in [-0.15, -0.1) is 32.9 Å². The number of rotatable bonds is 7. The van der Waals surface area contributed by atoms with Crippen LogP contribution in [0.3, 0.4) is 0 Å². The highest BCUT2D eigenvalue weighted by Crippen LogP contribution is 2.32. The van der Waals surface area contributed by atoms with Crippen LogP contribution in [0.5, 0.6) is 0 Å². The van der Waals surface area contributed by atoms with E-state index in [9.17, 15) is 0 Å². The maximum Gasteiger partial charge on any atom is 0.191 e. The molecule has 9 heteroatoms. The van der Waals surface area contributed by atoms with Crippen molar-refractivity contribution in [2.24, 2.45) is 7.05 Å². The molecular formula is C23H28N6S3. The summed E-state index contributed by atoms with van der Waals surface area (Å²) in [6.07, 6.45) is 2.39. The Morgan fingerprint density at radius 3 is 2.75 bits per heavy atom. The molecule has 0 saturated carbocycles. The first-order valence-corrected chi connectivity index (χ1v) is 13.7. The minimum Gasteiger partial charge on any atom is -0.304 e. The van der Waals surface area contributed by atoms with E-state index >= 15 is 0 Å². The number of likely N-dealkylation sites (tertiary alicyclic amines) is 1. The van der Waals surface area contributed by atoms with Crippen LogP contribution >= 0.6 is 34.4 Å². The van der Waals surface area contributed by atoms with Gasteiger partial charge in [0, 0.05) is 19.3 Å². The first kappa shape index (κ1) is 22.0. The summed E-state index contributed by atoms with van der Waals surface area (Å²) in [5.74, 6) is 2.60. The molecule has 5 rings (SSSR count). The van der Waals surface area contributed by atoms with Crippen LogP contribution in [-0.4, -0.2) is 55.0 Å². The summed E-state index contributed by atoms with van der Waals surface area (Å²) in [6, 6.07) is 6.86. The molecule has 0 spiro atoms. The summed E-state index contributed by atoms with van der Waals surface area (Å²) in [4.78, 5) is 12.9. The molecule has 1 aromatic carbocycles. The Bertz CT molecular complexity index is 1240. The SMILES string of the molecule is Cc1nc(C)c(-c2nnc(SCCCN3CCC(c4ccc5sc(C)nc5c4)C3)n2C)s1. The summed E-state index contributed by atoms with van der Waals surface area (Å²) in [7, 11) is 2.05. The third kappa shape index (κ3) is 4.48. The second-order valence-electron chi connectivity index (χ2n) is 8.46. The molecule has 1 fully saturated rings. The smallest absolute Gasteiger partial charge is 0.191 e. The van der Waals surface area contributed by atoms with Crippen molar-refractivity contribution < 1.29 is 0 Å². The van der Waals surface area contributed by atoms with Gasteiger partial charge in [0.05, 0.1) is 30.8 Å². The van der Waals surface area contributed by atoms with E-state index in [1.54, 1.807) is 34.4 Å². The number of nitrogens with zero attached hydrogens (tertiary/aromatic N) is 6. The zero-order chi connectivity index (χ0) is 22.2. The lowest BCUT2D eigenvalue weighted by Gasteiger charge is -2.16. The largest absolute Gasteiger partial charge is 0.304 e.